The van der Waals surface area contributed by atoms with Gasteiger partial charge in [0.25, 0.3) is 0 Å². The summed E-state index contributed by atoms with van der Waals surface area (Å²) in [5, 5.41) is 5.13. The fourth-order valence-electron chi connectivity index (χ4n) is 1.21. The molecule has 0 fully saturated rings. The zero-order chi connectivity index (χ0) is 12.7. The summed E-state index contributed by atoms with van der Waals surface area (Å²) in [6.07, 6.45) is 0.143. The summed E-state index contributed by atoms with van der Waals surface area (Å²) in [5.41, 5.74) is 1.35. The Morgan fingerprint density at radius 1 is 1.47 bits per heavy atom. The van der Waals surface area contributed by atoms with Crippen LogP contribution in [-0.4, -0.2) is 12.7 Å². The number of nitrogens with one attached hydrogen (secondary N) is 2. The van der Waals surface area contributed by atoms with Crippen molar-refractivity contribution in [1.82, 2.24) is 10.6 Å². The summed E-state index contributed by atoms with van der Waals surface area (Å²) in [6.45, 7) is 3.42. The molecular weight excluding hydrogens is 287 g/mol. The minimum Gasteiger partial charge on any atom is -0.334 e. The smallest absolute Gasteiger partial charge is 0.319 e. The summed E-state index contributed by atoms with van der Waals surface area (Å²) in [6, 6.07) is 7.25. The van der Waals surface area contributed by atoms with Crippen LogP contribution in [0.3, 0.4) is 0 Å². The van der Waals surface area contributed by atoms with E-state index in [1.807, 2.05) is 24.3 Å². The van der Waals surface area contributed by atoms with E-state index in [-0.39, 0.29) is 12.5 Å². The first-order chi connectivity index (χ1) is 8.11. The van der Waals surface area contributed by atoms with Gasteiger partial charge in [0.2, 0.25) is 0 Å². The van der Waals surface area contributed by atoms with Gasteiger partial charge in [-0.15, -0.1) is 0 Å². The first-order valence-corrected chi connectivity index (χ1v) is 5.94. The van der Waals surface area contributed by atoms with Gasteiger partial charge in [-0.05, 0) is 17.7 Å². The molecule has 17 heavy (non-hydrogen) atoms. The highest BCUT2D eigenvalue weighted by molar-refractivity contribution is 9.10. The van der Waals surface area contributed by atoms with Gasteiger partial charge in [0.1, 0.15) is 0 Å². The van der Waals surface area contributed by atoms with Crippen LogP contribution in [0, 0.1) is 0 Å². The molecule has 0 saturated heterocycles. The molecule has 2 amide bonds. The highest BCUT2D eigenvalue weighted by Crippen LogP contribution is 2.11. The Bertz CT molecular complexity index is 409. The summed E-state index contributed by atoms with van der Waals surface area (Å²) < 4.78 is 12.9. The van der Waals surface area contributed by atoms with Crippen molar-refractivity contribution in [3.05, 3.63) is 46.6 Å². The molecule has 0 aliphatic carbocycles. The Kier molecular flexibility index (Phi) is 5.69. The SMILES string of the molecule is C=C(CCF)NC(=O)NCc1cccc(Br)c1. The van der Waals surface area contributed by atoms with Gasteiger partial charge >= 0.3 is 6.03 Å². The van der Waals surface area contributed by atoms with Crippen LogP contribution in [0.2, 0.25) is 0 Å². The van der Waals surface area contributed by atoms with Crippen LogP contribution >= 0.6 is 15.9 Å². The summed E-state index contributed by atoms with van der Waals surface area (Å²) in [4.78, 5) is 11.4. The van der Waals surface area contributed by atoms with Crippen LogP contribution < -0.4 is 10.6 Å². The maximum Gasteiger partial charge on any atom is 0.319 e. The van der Waals surface area contributed by atoms with Gasteiger partial charge in [-0.2, -0.15) is 0 Å². The lowest BCUT2D eigenvalue weighted by Crippen LogP contribution is -2.34. The van der Waals surface area contributed by atoms with Crippen LogP contribution in [0.15, 0.2) is 41.0 Å². The topological polar surface area (TPSA) is 41.1 Å². The van der Waals surface area contributed by atoms with Crippen LogP contribution in [-0.2, 0) is 6.54 Å². The van der Waals surface area contributed by atoms with Crippen molar-refractivity contribution < 1.29 is 9.18 Å². The molecule has 0 bridgehead atoms. The number of allylic oxidation sites excluding steroid dienone is 1. The molecule has 0 spiro atoms. The number of hydrogen-bond donors (Lipinski definition) is 2. The van der Waals surface area contributed by atoms with Crippen molar-refractivity contribution in [2.75, 3.05) is 6.67 Å². The van der Waals surface area contributed by atoms with Gasteiger partial charge < -0.3 is 10.6 Å². The molecule has 1 aromatic carbocycles. The van der Waals surface area contributed by atoms with Crippen molar-refractivity contribution in [2.45, 2.75) is 13.0 Å². The van der Waals surface area contributed by atoms with Gasteiger partial charge in [0.15, 0.2) is 0 Å². The van der Waals surface area contributed by atoms with E-state index in [0.717, 1.165) is 10.0 Å². The minimum absolute atomic E-state index is 0.143. The van der Waals surface area contributed by atoms with Crippen molar-refractivity contribution in [3.8, 4) is 0 Å². The quantitative estimate of drug-likeness (QED) is 0.862. The molecule has 5 heteroatoms. The number of benzene rings is 1. The Morgan fingerprint density at radius 3 is 2.88 bits per heavy atom. The van der Waals surface area contributed by atoms with Crippen LogP contribution in [0.4, 0.5) is 9.18 Å². The third-order valence-corrected chi connectivity index (χ3v) is 2.52. The summed E-state index contributed by atoms with van der Waals surface area (Å²) in [7, 11) is 0. The molecule has 1 rings (SSSR count). The number of carbonyl (C=O) groups is 1. The highest BCUT2D eigenvalue weighted by Gasteiger charge is 2.02. The molecule has 3 nitrogen and oxygen atoms in total. The molecule has 0 aliphatic heterocycles. The second-order valence-electron chi connectivity index (χ2n) is 3.48. The summed E-state index contributed by atoms with van der Waals surface area (Å²) >= 11 is 3.35. The molecule has 1 aromatic rings. The van der Waals surface area contributed by atoms with E-state index in [0.29, 0.717) is 12.2 Å². The number of hydrogen-bond acceptors (Lipinski definition) is 1. The zero-order valence-corrected chi connectivity index (χ0v) is 10.9. The van der Waals surface area contributed by atoms with Gasteiger partial charge in [-0.25, -0.2) is 4.79 Å². The number of halogens is 2. The zero-order valence-electron chi connectivity index (χ0n) is 9.30. The molecule has 0 unspecified atom stereocenters. The van der Waals surface area contributed by atoms with E-state index < -0.39 is 6.67 Å². The second kappa shape index (κ2) is 7.06. The van der Waals surface area contributed by atoms with Gasteiger partial charge in [0.05, 0.1) is 6.67 Å². The van der Waals surface area contributed by atoms with Gasteiger partial charge in [-0.3, -0.25) is 4.39 Å². The van der Waals surface area contributed by atoms with Crippen molar-refractivity contribution >= 4 is 22.0 Å². The third-order valence-electron chi connectivity index (χ3n) is 2.03. The lowest BCUT2D eigenvalue weighted by atomic mass is 10.2. The lowest BCUT2D eigenvalue weighted by Gasteiger charge is -2.08. The monoisotopic (exact) mass is 300 g/mol. The molecule has 2 N–H and O–H groups in total. The number of rotatable bonds is 5. The average Bonchev–Trinajstić information content (AvgIpc) is 2.27. The molecule has 92 valence electrons. The van der Waals surface area contributed by atoms with Crippen molar-refractivity contribution in [3.63, 3.8) is 0 Å². The number of alkyl halides is 1. The van der Waals surface area contributed by atoms with Gasteiger partial charge in [0, 0.05) is 23.1 Å². The molecule has 0 heterocycles. The highest BCUT2D eigenvalue weighted by atomic mass is 79.9. The molecular formula is C12H14BrFN2O. The Balaban J connectivity index is 2.35. The molecule has 0 radical (unpaired) electrons. The lowest BCUT2D eigenvalue weighted by molar-refractivity contribution is 0.242. The molecule has 0 aromatic heterocycles. The number of carbonyl (C=O) groups excluding carboxylic acids is 1. The predicted octanol–water partition coefficient (Wildman–Crippen LogP) is 3.12. The molecule has 0 atom stereocenters. The average molecular weight is 301 g/mol. The van der Waals surface area contributed by atoms with E-state index >= 15 is 0 Å². The largest absolute Gasteiger partial charge is 0.334 e. The summed E-state index contributed by atoms with van der Waals surface area (Å²) in [5.74, 6) is 0. The molecule has 0 aliphatic rings. The Morgan fingerprint density at radius 2 is 2.24 bits per heavy atom. The van der Waals surface area contributed by atoms with E-state index in [9.17, 15) is 9.18 Å². The number of amides is 2. The van der Waals surface area contributed by atoms with E-state index in [4.69, 9.17) is 0 Å². The van der Waals surface area contributed by atoms with Crippen molar-refractivity contribution in [1.29, 1.82) is 0 Å². The first kappa shape index (κ1) is 13.7. The molecule has 0 saturated carbocycles. The maximum atomic E-state index is 12.0. The van der Waals surface area contributed by atoms with Crippen LogP contribution in [0.5, 0.6) is 0 Å². The Labute approximate surface area is 108 Å². The third kappa shape index (κ3) is 5.49. The standard InChI is InChI=1S/C12H14BrFN2O/c1-9(5-6-14)16-12(17)15-8-10-3-2-4-11(13)7-10/h2-4,7H,1,5-6,8H2,(H2,15,16,17). The van der Waals surface area contributed by atoms with Crippen molar-refractivity contribution in [2.24, 2.45) is 0 Å². The predicted molar refractivity (Wildman–Crippen MR) is 69.2 cm³/mol. The Hall–Kier alpha value is -1.36. The minimum atomic E-state index is -0.523. The van der Waals surface area contributed by atoms with Crippen LogP contribution in [0.1, 0.15) is 12.0 Å². The van der Waals surface area contributed by atoms with E-state index in [1.54, 1.807) is 0 Å². The fraction of sp³-hybridized carbons (Fsp3) is 0.250. The normalized spacial score (nSPS) is 9.76. The second-order valence-corrected chi connectivity index (χ2v) is 4.40. The first-order valence-electron chi connectivity index (χ1n) is 5.15. The fourth-order valence-corrected chi connectivity index (χ4v) is 1.66. The maximum absolute atomic E-state index is 12.0. The van der Waals surface area contributed by atoms with Crippen LogP contribution in [0.25, 0.3) is 0 Å². The van der Waals surface area contributed by atoms with E-state index in [2.05, 4.69) is 33.1 Å². The number of urea groups is 1. The van der Waals surface area contributed by atoms with Gasteiger partial charge in [-0.1, -0.05) is 34.6 Å². The van der Waals surface area contributed by atoms with E-state index in [1.165, 1.54) is 0 Å².